The van der Waals surface area contributed by atoms with Gasteiger partial charge in [0, 0.05) is 0 Å². The molecule has 4 nitrogen and oxygen atoms in total. The van der Waals surface area contributed by atoms with E-state index >= 15 is 0 Å². The third kappa shape index (κ3) is 4.47. The number of rotatable bonds is 3. The SMILES string of the molecule is Cl.O=C(O)[C@H](CO)NCl. The Morgan fingerprint density at radius 1 is 1.78 bits per heavy atom. The molecule has 0 radical (unpaired) electrons. The Bertz CT molecular complexity index is 85.1. The zero-order chi connectivity index (χ0) is 6.57. The predicted molar refractivity (Wildman–Crippen MR) is 34.7 cm³/mol. The number of aliphatic carboxylic acids is 1. The largest absolute Gasteiger partial charge is 0.480 e. The highest BCUT2D eigenvalue weighted by Crippen LogP contribution is 1.81. The minimum atomic E-state index is -1.16. The van der Waals surface area contributed by atoms with Gasteiger partial charge in [-0.2, -0.15) is 0 Å². The normalized spacial score (nSPS) is 11.8. The van der Waals surface area contributed by atoms with E-state index in [-0.39, 0.29) is 12.4 Å². The summed E-state index contributed by atoms with van der Waals surface area (Å²) in [5.74, 6) is -1.16. The number of aliphatic hydroxyl groups excluding tert-OH is 1. The van der Waals surface area contributed by atoms with E-state index in [2.05, 4.69) is 0 Å². The summed E-state index contributed by atoms with van der Waals surface area (Å²) >= 11 is 4.87. The number of carbonyl (C=O) groups is 1. The topological polar surface area (TPSA) is 69.6 Å². The van der Waals surface area contributed by atoms with E-state index in [0.717, 1.165) is 0 Å². The van der Waals surface area contributed by atoms with Crippen LogP contribution < -0.4 is 4.84 Å². The third-order valence-electron chi connectivity index (χ3n) is 0.612. The van der Waals surface area contributed by atoms with Crippen molar-refractivity contribution < 1.29 is 15.0 Å². The van der Waals surface area contributed by atoms with Gasteiger partial charge in [-0.3, -0.25) is 4.79 Å². The minimum absolute atomic E-state index is 0. The van der Waals surface area contributed by atoms with Crippen LogP contribution in [0.25, 0.3) is 0 Å². The Balaban J connectivity index is 0. The summed E-state index contributed by atoms with van der Waals surface area (Å²) in [6, 6.07) is -1.06. The Morgan fingerprint density at radius 2 is 2.22 bits per heavy atom. The van der Waals surface area contributed by atoms with Crippen LogP contribution >= 0.6 is 24.2 Å². The summed E-state index contributed by atoms with van der Waals surface area (Å²) in [4.78, 5) is 11.7. The smallest absolute Gasteiger partial charge is 0.324 e. The molecule has 1 atom stereocenters. The second-order valence-electron chi connectivity index (χ2n) is 1.18. The highest BCUT2D eigenvalue weighted by atomic mass is 35.5. The van der Waals surface area contributed by atoms with Crippen molar-refractivity contribution in [2.75, 3.05) is 6.61 Å². The fourth-order valence-corrected chi connectivity index (χ4v) is 0.322. The van der Waals surface area contributed by atoms with E-state index < -0.39 is 18.6 Å². The monoisotopic (exact) mass is 175 g/mol. The van der Waals surface area contributed by atoms with Crippen LogP contribution in [0.4, 0.5) is 0 Å². The first kappa shape index (κ1) is 11.7. The van der Waals surface area contributed by atoms with Crippen LogP contribution in [0.1, 0.15) is 0 Å². The lowest BCUT2D eigenvalue weighted by atomic mass is 10.3. The first-order valence-corrected chi connectivity index (χ1v) is 2.30. The van der Waals surface area contributed by atoms with Crippen molar-refractivity contribution in [1.82, 2.24) is 4.84 Å². The van der Waals surface area contributed by atoms with Crippen molar-refractivity contribution in [2.24, 2.45) is 0 Å². The number of carboxylic acids is 1. The van der Waals surface area contributed by atoms with Crippen LogP contribution in [0.2, 0.25) is 0 Å². The van der Waals surface area contributed by atoms with Crippen molar-refractivity contribution >= 4 is 30.2 Å². The summed E-state index contributed by atoms with van der Waals surface area (Å²) in [5.41, 5.74) is 0. The quantitative estimate of drug-likeness (QED) is 0.511. The molecule has 0 aromatic heterocycles. The van der Waals surface area contributed by atoms with E-state index in [9.17, 15) is 4.79 Å². The summed E-state index contributed by atoms with van der Waals surface area (Å²) in [6.45, 7) is -0.501. The number of hydrogen-bond donors (Lipinski definition) is 3. The number of nitrogens with one attached hydrogen (secondary N) is 1. The van der Waals surface area contributed by atoms with Crippen molar-refractivity contribution in [3.8, 4) is 0 Å². The number of aliphatic hydroxyl groups is 1. The average Bonchev–Trinajstić information content (AvgIpc) is 1.69. The van der Waals surface area contributed by atoms with E-state index in [1.54, 1.807) is 0 Å². The number of carboxylic acid groups (broad SMARTS) is 1. The van der Waals surface area contributed by atoms with Gasteiger partial charge in [0.15, 0.2) is 0 Å². The van der Waals surface area contributed by atoms with Gasteiger partial charge in [-0.15, -0.1) is 12.4 Å². The second kappa shape index (κ2) is 6.10. The fourth-order valence-electron chi connectivity index (χ4n) is 0.159. The standard InChI is InChI=1S/C3H6ClNO3.ClH/c4-5-2(1-6)3(7)8;/h2,5-6H,1H2,(H,7,8);1H/t2-;/m0./s1. The maximum atomic E-state index is 9.85. The zero-order valence-corrected chi connectivity index (χ0v) is 5.95. The molecule has 0 heterocycles. The molecule has 0 fully saturated rings. The van der Waals surface area contributed by atoms with Crippen molar-refractivity contribution in [3.05, 3.63) is 0 Å². The lowest BCUT2D eigenvalue weighted by Crippen LogP contribution is -2.33. The maximum absolute atomic E-state index is 9.85. The molecule has 0 aliphatic rings. The molecular formula is C3H7Cl2NO3. The van der Waals surface area contributed by atoms with Crippen LogP contribution in [0.3, 0.4) is 0 Å². The molecule has 0 aromatic carbocycles. The van der Waals surface area contributed by atoms with Crippen molar-refractivity contribution in [1.29, 1.82) is 0 Å². The van der Waals surface area contributed by atoms with E-state index in [1.807, 2.05) is 4.84 Å². The first-order chi connectivity index (χ1) is 3.72. The fraction of sp³-hybridized carbons (Fsp3) is 0.667. The summed E-state index contributed by atoms with van der Waals surface area (Å²) < 4.78 is 0. The van der Waals surface area contributed by atoms with Crippen LogP contribution in [-0.4, -0.2) is 28.8 Å². The molecule has 0 aliphatic carbocycles. The minimum Gasteiger partial charge on any atom is -0.480 e. The van der Waals surface area contributed by atoms with Gasteiger partial charge < -0.3 is 10.2 Å². The molecule has 6 heteroatoms. The Morgan fingerprint density at radius 3 is 2.22 bits per heavy atom. The van der Waals surface area contributed by atoms with E-state index in [0.29, 0.717) is 0 Å². The molecule has 0 aromatic rings. The molecule has 0 amide bonds. The van der Waals surface area contributed by atoms with Gasteiger partial charge in [-0.25, -0.2) is 4.84 Å². The Labute approximate surface area is 63.3 Å². The third-order valence-corrected chi connectivity index (χ3v) is 0.876. The van der Waals surface area contributed by atoms with Gasteiger partial charge in [0.05, 0.1) is 6.61 Å². The van der Waals surface area contributed by atoms with Gasteiger partial charge in [0.1, 0.15) is 6.04 Å². The number of halogens is 2. The molecule has 0 rings (SSSR count). The van der Waals surface area contributed by atoms with Crippen LogP contribution in [0.5, 0.6) is 0 Å². The highest BCUT2D eigenvalue weighted by Gasteiger charge is 2.12. The van der Waals surface area contributed by atoms with Gasteiger partial charge in [-0.1, -0.05) is 0 Å². The maximum Gasteiger partial charge on any atom is 0.324 e. The summed E-state index contributed by atoms with van der Waals surface area (Å²) in [6.07, 6.45) is 0. The van der Waals surface area contributed by atoms with Crippen molar-refractivity contribution in [2.45, 2.75) is 6.04 Å². The molecule has 3 N–H and O–H groups in total. The molecular weight excluding hydrogens is 169 g/mol. The van der Waals surface area contributed by atoms with Gasteiger partial charge in [-0.05, 0) is 11.8 Å². The molecule has 9 heavy (non-hydrogen) atoms. The van der Waals surface area contributed by atoms with E-state index in [4.69, 9.17) is 22.0 Å². The lowest BCUT2D eigenvalue weighted by molar-refractivity contribution is -0.139. The number of hydrogen-bond acceptors (Lipinski definition) is 3. The Hall–Kier alpha value is -0.0300. The van der Waals surface area contributed by atoms with Crippen LogP contribution in [-0.2, 0) is 4.79 Å². The van der Waals surface area contributed by atoms with E-state index in [1.165, 1.54) is 0 Å². The summed E-state index contributed by atoms with van der Waals surface area (Å²) in [5, 5.41) is 16.2. The van der Waals surface area contributed by atoms with Gasteiger partial charge >= 0.3 is 5.97 Å². The molecule has 56 valence electrons. The molecule has 0 unspecified atom stereocenters. The van der Waals surface area contributed by atoms with Crippen molar-refractivity contribution in [3.63, 3.8) is 0 Å². The predicted octanol–water partition coefficient (Wildman–Crippen LogP) is -0.403. The molecule has 0 aliphatic heterocycles. The lowest BCUT2D eigenvalue weighted by Gasteiger charge is -2.02. The van der Waals surface area contributed by atoms with Crippen LogP contribution in [0.15, 0.2) is 0 Å². The first-order valence-electron chi connectivity index (χ1n) is 1.92. The summed E-state index contributed by atoms with van der Waals surface area (Å²) in [7, 11) is 0. The Kier molecular flexibility index (Phi) is 7.94. The molecule has 0 spiro atoms. The van der Waals surface area contributed by atoms with Gasteiger partial charge in [0.25, 0.3) is 0 Å². The highest BCUT2D eigenvalue weighted by molar-refractivity contribution is 6.14. The van der Waals surface area contributed by atoms with Gasteiger partial charge in [0.2, 0.25) is 0 Å². The second-order valence-corrected chi connectivity index (χ2v) is 1.40. The molecule has 0 saturated carbocycles. The molecule has 0 saturated heterocycles. The molecule has 0 bridgehead atoms. The zero-order valence-electron chi connectivity index (χ0n) is 4.37. The average molecular weight is 176 g/mol. The van der Waals surface area contributed by atoms with Crippen LogP contribution in [0, 0.1) is 0 Å².